The number of fused-ring (bicyclic) bond motifs is 1. The molecule has 4 aromatic rings. The predicted molar refractivity (Wildman–Crippen MR) is 127 cm³/mol. The molecule has 0 spiro atoms. The van der Waals surface area contributed by atoms with Crippen LogP contribution in [-0.2, 0) is 15.7 Å². The Hall–Kier alpha value is -3.20. The number of aromatic nitrogens is 2. The van der Waals surface area contributed by atoms with Gasteiger partial charge in [0, 0.05) is 34.6 Å². The SMILES string of the molecule is O=C(Nc1ccc(Cl)c(-c2nccc3cc[nH]c23)c1)c1ccc(N2COCCS2=O)cc1. The summed E-state index contributed by atoms with van der Waals surface area (Å²) in [5.41, 5.74) is 4.16. The van der Waals surface area contributed by atoms with Crippen molar-refractivity contribution in [3.8, 4) is 11.3 Å². The van der Waals surface area contributed by atoms with Crippen LogP contribution in [0.3, 0.4) is 0 Å². The van der Waals surface area contributed by atoms with E-state index in [4.69, 9.17) is 16.3 Å². The third-order valence-corrected chi connectivity index (χ3v) is 6.88. The Balaban J connectivity index is 1.37. The number of hydrogen-bond donors (Lipinski definition) is 2. The fourth-order valence-electron chi connectivity index (χ4n) is 3.59. The van der Waals surface area contributed by atoms with Gasteiger partial charge >= 0.3 is 0 Å². The summed E-state index contributed by atoms with van der Waals surface area (Å²) in [6.07, 6.45) is 3.58. The lowest BCUT2D eigenvalue weighted by Crippen LogP contribution is -2.36. The molecular formula is C23H19ClN4O3S. The summed E-state index contributed by atoms with van der Waals surface area (Å²) in [5, 5.41) is 4.48. The number of hydrogen-bond acceptors (Lipinski definition) is 4. The number of anilines is 2. The van der Waals surface area contributed by atoms with E-state index in [-0.39, 0.29) is 12.6 Å². The van der Waals surface area contributed by atoms with Crippen LogP contribution >= 0.6 is 11.6 Å². The molecule has 1 atom stereocenters. The molecule has 9 heteroatoms. The zero-order valence-corrected chi connectivity index (χ0v) is 18.4. The fourth-order valence-corrected chi connectivity index (χ4v) is 4.83. The molecule has 1 saturated heterocycles. The summed E-state index contributed by atoms with van der Waals surface area (Å²) in [6, 6.07) is 16.1. The Bertz CT molecular complexity index is 1320. The van der Waals surface area contributed by atoms with Gasteiger partial charge in [0.1, 0.15) is 17.7 Å². The monoisotopic (exact) mass is 466 g/mol. The Morgan fingerprint density at radius 3 is 2.81 bits per heavy atom. The standard InChI is InChI=1S/C23H19ClN4O3S/c24-20-6-3-17(13-19(20)22-21-15(7-9-25-21)8-10-26-22)27-23(29)16-1-4-18(5-2-16)28-14-31-11-12-32(28)30/h1-10,13,25H,11-12,14H2,(H,27,29). The second-order valence-electron chi connectivity index (χ2n) is 7.24. The zero-order valence-electron chi connectivity index (χ0n) is 16.9. The minimum atomic E-state index is -1.12. The Morgan fingerprint density at radius 1 is 1.16 bits per heavy atom. The van der Waals surface area contributed by atoms with Crippen LogP contribution in [0.25, 0.3) is 22.2 Å². The lowest BCUT2D eigenvalue weighted by atomic mass is 10.1. The molecule has 32 heavy (non-hydrogen) atoms. The number of nitrogens with one attached hydrogen (secondary N) is 2. The van der Waals surface area contributed by atoms with E-state index < -0.39 is 11.0 Å². The van der Waals surface area contributed by atoms with E-state index in [9.17, 15) is 9.00 Å². The summed E-state index contributed by atoms with van der Waals surface area (Å²) >= 11 is 6.45. The summed E-state index contributed by atoms with van der Waals surface area (Å²) in [6.45, 7) is 0.758. The highest BCUT2D eigenvalue weighted by Gasteiger charge is 2.19. The van der Waals surface area contributed by atoms with E-state index in [2.05, 4.69) is 15.3 Å². The van der Waals surface area contributed by atoms with Crippen molar-refractivity contribution >= 4 is 50.8 Å². The van der Waals surface area contributed by atoms with E-state index in [0.717, 1.165) is 27.8 Å². The smallest absolute Gasteiger partial charge is 0.255 e. The van der Waals surface area contributed by atoms with Crippen LogP contribution < -0.4 is 9.62 Å². The minimum absolute atomic E-state index is 0.258. The van der Waals surface area contributed by atoms with Crippen molar-refractivity contribution in [2.24, 2.45) is 0 Å². The molecule has 5 rings (SSSR count). The van der Waals surface area contributed by atoms with Crippen molar-refractivity contribution < 1.29 is 13.7 Å². The van der Waals surface area contributed by atoms with Gasteiger partial charge in [-0.1, -0.05) is 11.6 Å². The van der Waals surface area contributed by atoms with E-state index in [0.29, 0.717) is 28.6 Å². The molecule has 1 unspecified atom stereocenters. The second kappa shape index (κ2) is 8.74. The number of H-pyrrole nitrogens is 1. The number of carbonyl (C=O) groups is 1. The van der Waals surface area contributed by atoms with Gasteiger partial charge in [0.2, 0.25) is 0 Å². The van der Waals surface area contributed by atoms with Crippen LogP contribution in [0.2, 0.25) is 5.02 Å². The molecule has 0 saturated carbocycles. The molecule has 2 N–H and O–H groups in total. The van der Waals surface area contributed by atoms with Gasteiger partial charge in [0.05, 0.1) is 34.3 Å². The van der Waals surface area contributed by atoms with Crippen molar-refractivity contribution in [3.63, 3.8) is 0 Å². The topological polar surface area (TPSA) is 87.3 Å². The Labute approximate surface area is 192 Å². The molecule has 1 aliphatic heterocycles. The molecule has 2 aromatic heterocycles. The van der Waals surface area contributed by atoms with Gasteiger partial charge < -0.3 is 15.0 Å². The number of pyridine rings is 1. The predicted octanol–water partition coefficient (Wildman–Crippen LogP) is 4.59. The Morgan fingerprint density at radius 2 is 2.00 bits per heavy atom. The molecule has 0 radical (unpaired) electrons. The van der Waals surface area contributed by atoms with E-state index in [1.54, 1.807) is 46.9 Å². The molecule has 3 heterocycles. The lowest BCUT2D eigenvalue weighted by Gasteiger charge is -2.27. The van der Waals surface area contributed by atoms with Crippen LogP contribution in [0.15, 0.2) is 67.0 Å². The van der Waals surface area contributed by atoms with E-state index >= 15 is 0 Å². The van der Waals surface area contributed by atoms with Crippen molar-refractivity contribution in [3.05, 3.63) is 77.6 Å². The molecule has 7 nitrogen and oxygen atoms in total. The van der Waals surface area contributed by atoms with Gasteiger partial charge in [-0.3, -0.25) is 14.1 Å². The number of halogens is 1. The number of ether oxygens (including phenoxy) is 1. The minimum Gasteiger partial charge on any atom is -0.359 e. The first-order valence-corrected chi connectivity index (χ1v) is 11.6. The van der Waals surface area contributed by atoms with Crippen molar-refractivity contribution in [2.75, 3.05) is 28.7 Å². The zero-order chi connectivity index (χ0) is 22.1. The molecular weight excluding hydrogens is 448 g/mol. The largest absolute Gasteiger partial charge is 0.359 e. The lowest BCUT2D eigenvalue weighted by molar-refractivity contribution is 0.102. The highest BCUT2D eigenvalue weighted by atomic mass is 35.5. The van der Waals surface area contributed by atoms with Gasteiger partial charge in [0.25, 0.3) is 5.91 Å². The molecule has 1 aliphatic rings. The van der Waals surface area contributed by atoms with Crippen molar-refractivity contribution in [1.82, 2.24) is 9.97 Å². The second-order valence-corrected chi connectivity index (χ2v) is 9.14. The fraction of sp³-hybridized carbons (Fsp3) is 0.130. The first kappa shape index (κ1) is 20.7. The maximum absolute atomic E-state index is 12.8. The van der Waals surface area contributed by atoms with E-state index in [1.165, 1.54) is 0 Å². The third-order valence-electron chi connectivity index (χ3n) is 5.23. The van der Waals surface area contributed by atoms with Crippen molar-refractivity contribution in [2.45, 2.75) is 0 Å². The molecule has 0 aliphatic carbocycles. The average molecular weight is 467 g/mol. The molecule has 1 fully saturated rings. The highest BCUT2D eigenvalue weighted by Crippen LogP contribution is 2.33. The van der Waals surface area contributed by atoms with Gasteiger partial charge in [-0.15, -0.1) is 0 Å². The summed E-state index contributed by atoms with van der Waals surface area (Å²) in [7, 11) is -1.12. The molecule has 2 aromatic carbocycles. The number of carbonyl (C=O) groups excluding carboxylic acids is 1. The van der Waals surface area contributed by atoms with Crippen LogP contribution in [0, 0.1) is 0 Å². The number of aromatic amines is 1. The number of benzene rings is 2. The maximum Gasteiger partial charge on any atom is 0.255 e. The highest BCUT2D eigenvalue weighted by molar-refractivity contribution is 7.86. The van der Waals surface area contributed by atoms with Gasteiger partial charge in [-0.2, -0.15) is 0 Å². The maximum atomic E-state index is 12.8. The van der Waals surface area contributed by atoms with Gasteiger partial charge in [-0.25, -0.2) is 4.21 Å². The van der Waals surface area contributed by atoms with Gasteiger partial charge in [0.15, 0.2) is 0 Å². The normalized spacial score (nSPS) is 16.3. The Kier molecular flexibility index (Phi) is 5.65. The first-order valence-electron chi connectivity index (χ1n) is 9.97. The first-order chi connectivity index (χ1) is 15.6. The van der Waals surface area contributed by atoms with Gasteiger partial charge in [-0.05, 0) is 54.6 Å². The van der Waals surface area contributed by atoms with Crippen molar-refractivity contribution in [1.29, 1.82) is 0 Å². The number of nitrogens with zero attached hydrogens (tertiary/aromatic N) is 2. The van der Waals surface area contributed by atoms with Crippen LogP contribution in [-0.4, -0.2) is 39.2 Å². The summed E-state index contributed by atoms with van der Waals surface area (Å²) in [4.78, 5) is 20.5. The molecule has 162 valence electrons. The van der Waals surface area contributed by atoms with Crippen LogP contribution in [0.5, 0.6) is 0 Å². The van der Waals surface area contributed by atoms with Crippen LogP contribution in [0.1, 0.15) is 10.4 Å². The molecule has 0 bridgehead atoms. The van der Waals surface area contributed by atoms with Crippen LogP contribution in [0.4, 0.5) is 11.4 Å². The third kappa shape index (κ3) is 4.00. The summed E-state index contributed by atoms with van der Waals surface area (Å²) < 4.78 is 19.2. The number of amides is 1. The summed E-state index contributed by atoms with van der Waals surface area (Å²) in [5.74, 6) is 0.207. The van der Waals surface area contributed by atoms with E-state index in [1.807, 2.05) is 24.4 Å². The number of rotatable bonds is 4. The average Bonchev–Trinajstić information content (AvgIpc) is 3.30. The molecule has 1 amide bonds. The quantitative estimate of drug-likeness (QED) is 0.460.